The molecule has 14 heteroatoms. The van der Waals surface area contributed by atoms with Crippen LogP contribution in [-0.4, -0.2) is 82.2 Å². The van der Waals surface area contributed by atoms with Gasteiger partial charge in [-0.05, 0) is 44.5 Å². The SMILES string of the molecule is CN1CCc2nc(C(=O)N[C@@H]3C[C@@H](C(=O)N(C)C)CC[C@@H]3NC(=O)c3nc(=O)c4cc(Cl)ccc4[nH]3)sc2C1.Cl. The van der Waals surface area contributed by atoms with Crippen molar-refractivity contribution < 1.29 is 14.4 Å². The lowest BCUT2D eigenvalue weighted by molar-refractivity contribution is -0.134. The molecule has 1 fully saturated rings. The number of fused-ring (bicyclic) bond motifs is 2. The number of benzene rings is 1. The van der Waals surface area contributed by atoms with Gasteiger partial charge < -0.3 is 25.4 Å². The van der Waals surface area contributed by atoms with E-state index in [1.165, 1.54) is 17.4 Å². The number of thiazole rings is 1. The number of carbonyl (C=O) groups excluding carboxylic acids is 3. The molecule has 11 nitrogen and oxygen atoms in total. The minimum atomic E-state index is -0.571. The Labute approximate surface area is 246 Å². The Morgan fingerprint density at radius 1 is 1.12 bits per heavy atom. The Morgan fingerprint density at radius 2 is 1.88 bits per heavy atom. The maximum atomic E-state index is 13.3. The van der Waals surface area contributed by atoms with Gasteiger partial charge in [-0.25, -0.2) is 4.98 Å². The molecular formula is C26H31Cl2N7O4S. The summed E-state index contributed by atoms with van der Waals surface area (Å²) in [6, 6.07) is 3.74. The van der Waals surface area contributed by atoms with Crippen LogP contribution in [0.4, 0.5) is 0 Å². The molecule has 3 N–H and O–H groups in total. The number of rotatable bonds is 5. The minimum Gasteiger partial charge on any atom is -0.349 e. The first-order valence-corrected chi connectivity index (χ1v) is 14.0. The molecule has 2 aliphatic rings. The number of hydrogen-bond acceptors (Lipinski definition) is 8. The lowest BCUT2D eigenvalue weighted by Crippen LogP contribution is -2.56. The van der Waals surface area contributed by atoms with E-state index < -0.39 is 23.6 Å². The average Bonchev–Trinajstić information content (AvgIpc) is 3.33. The molecule has 40 heavy (non-hydrogen) atoms. The fourth-order valence-electron chi connectivity index (χ4n) is 5.21. The van der Waals surface area contributed by atoms with Gasteiger partial charge in [0, 0.05) is 55.5 Å². The Hall–Kier alpha value is -3.06. The van der Waals surface area contributed by atoms with Gasteiger partial charge in [-0.2, -0.15) is 4.98 Å². The van der Waals surface area contributed by atoms with Crippen LogP contribution in [0.1, 0.15) is 50.3 Å². The summed E-state index contributed by atoms with van der Waals surface area (Å²) in [5.74, 6) is -1.35. The highest BCUT2D eigenvalue weighted by Gasteiger charge is 2.37. The van der Waals surface area contributed by atoms with E-state index in [1.54, 1.807) is 31.1 Å². The van der Waals surface area contributed by atoms with E-state index in [4.69, 9.17) is 11.6 Å². The zero-order valence-electron chi connectivity index (χ0n) is 22.3. The van der Waals surface area contributed by atoms with Crippen LogP contribution in [0.3, 0.4) is 0 Å². The summed E-state index contributed by atoms with van der Waals surface area (Å²) in [6.45, 7) is 1.64. The summed E-state index contributed by atoms with van der Waals surface area (Å²) in [4.78, 5) is 67.9. The Kier molecular flexibility index (Phi) is 9.13. The van der Waals surface area contributed by atoms with Crippen molar-refractivity contribution in [3.63, 3.8) is 0 Å². The zero-order valence-corrected chi connectivity index (χ0v) is 24.7. The van der Waals surface area contributed by atoms with Gasteiger partial charge >= 0.3 is 0 Å². The largest absolute Gasteiger partial charge is 0.349 e. The lowest BCUT2D eigenvalue weighted by atomic mass is 9.81. The maximum Gasteiger partial charge on any atom is 0.287 e. The van der Waals surface area contributed by atoms with Crippen molar-refractivity contribution in [2.75, 3.05) is 27.7 Å². The second-order valence-corrected chi connectivity index (χ2v) is 11.9. The predicted molar refractivity (Wildman–Crippen MR) is 155 cm³/mol. The highest BCUT2D eigenvalue weighted by atomic mass is 35.5. The van der Waals surface area contributed by atoms with Crippen LogP contribution < -0.4 is 16.2 Å². The standard InChI is InChI=1S/C26H30ClN7O4S.ClH/c1-33(2)26(38)13-4-6-17(29-23(36)21-28-16-7-5-14(27)11-15(16)22(35)32-21)19(10-13)30-24(37)25-31-18-8-9-34(3)12-20(18)39-25;/h5,7,11,13,17,19H,4,6,8-10,12H2,1-3H3,(H,29,36)(H,30,37)(H,28,32,35);1H/t13-,17-,19+;/m0./s1. The Bertz CT molecular complexity index is 1510. The van der Waals surface area contributed by atoms with Gasteiger partial charge in [0.2, 0.25) is 5.91 Å². The van der Waals surface area contributed by atoms with Crippen LogP contribution in [0.25, 0.3) is 10.9 Å². The number of aromatic nitrogens is 3. The molecule has 5 rings (SSSR count). The molecule has 214 valence electrons. The Balaban J connectivity index is 0.00000370. The van der Waals surface area contributed by atoms with E-state index in [1.807, 2.05) is 7.05 Å². The zero-order chi connectivity index (χ0) is 27.8. The third-order valence-electron chi connectivity index (χ3n) is 7.28. The van der Waals surface area contributed by atoms with Crippen LogP contribution >= 0.6 is 35.3 Å². The fourth-order valence-corrected chi connectivity index (χ4v) is 6.47. The monoisotopic (exact) mass is 607 g/mol. The number of H-pyrrole nitrogens is 1. The van der Waals surface area contributed by atoms with E-state index in [-0.39, 0.29) is 41.3 Å². The van der Waals surface area contributed by atoms with Crippen LogP contribution in [-0.2, 0) is 17.8 Å². The van der Waals surface area contributed by atoms with Crippen molar-refractivity contribution in [1.82, 2.24) is 35.4 Å². The molecule has 3 atom stereocenters. The number of hydrogen-bond donors (Lipinski definition) is 3. The van der Waals surface area contributed by atoms with Crippen molar-refractivity contribution in [3.8, 4) is 0 Å². The summed E-state index contributed by atoms with van der Waals surface area (Å²) < 4.78 is 0. The molecule has 1 aliphatic heterocycles. The highest BCUT2D eigenvalue weighted by Crippen LogP contribution is 2.28. The third kappa shape index (κ3) is 6.30. The number of aromatic amines is 1. The molecular weight excluding hydrogens is 577 g/mol. The first-order valence-electron chi connectivity index (χ1n) is 12.8. The van der Waals surface area contributed by atoms with E-state index in [0.29, 0.717) is 34.8 Å². The van der Waals surface area contributed by atoms with Crippen LogP contribution in [0.15, 0.2) is 23.0 Å². The van der Waals surface area contributed by atoms with E-state index in [0.717, 1.165) is 30.1 Å². The molecule has 0 bridgehead atoms. The first kappa shape index (κ1) is 29.9. The van der Waals surface area contributed by atoms with Gasteiger partial charge in [-0.15, -0.1) is 23.7 Å². The molecule has 0 radical (unpaired) electrons. The fraction of sp³-hybridized carbons (Fsp3) is 0.462. The average molecular weight is 609 g/mol. The van der Waals surface area contributed by atoms with Gasteiger partial charge in [0.05, 0.1) is 22.6 Å². The number of likely N-dealkylation sites (N-methyl/N-ethyl adjacent to an activating group) is 1. The third-order valence-corrected chi connectivity index (χ3v) is 8.60. The molecule has 3 amide bonds. The van der Waals surface area contributed by atoms with Crippen molar-refractivity contribution in [2.45, 2.75) is 44.3 Å². The van der Waals surface area contributed by atoms with Crippen molar-refractivity contribution in [2.24, 2.45) is 5.92 Å². The second kappa shape index (κ2) is 12.2. The molecule has 0 saturated heterocycles. The van der Waals surface area contributed by atoms with Crippen LogP contribution in [0.2, 0.25) is 5.02 Å². The number of carbonyl (C=O) groups is 3. The summed E-state index contributed by atoms with van der Waals surface area (Å²) in [7, 11) is 5.44. The van der Waals surface area contributed by atoms with Crippen molar-refractivity contribution in [1.29, 1.82) is 0 Å². The van der Waals surface area contributed by atoms with E-state index >= 15 is 0 Å². The smallest absolute Gasteiger partial charge is 0.287 e. The molecule has 2 aromatic heterocycles. The quantitative estimate of drug-likeness (QED) is 0.404. The Morgan fingerprint density at radius 3 is 2.62 bits per heavy atom. The molecule has 0 unspecified atom stereocenters. The van der Waals surface area contributed by atoms with Gasteiger partial charge in [0.15, 0.2) is 10.8 Å². The topological polar surface area (TPSA) is 140 Å². The summed E-state index contributed by atoms with van der Waals surface area (Å²) in [6.07, 6.45) is 2.17. The van der Waals surface area contributed by atoms with Gasteiger partial charge in [-0.1, -0.05) is 11.6 Å². The van der Waals surface area contributed by atoms with Crippen LogP contribution in [0.5, 0.6) is 0 Å². The summed E-state index contributed by atoms with van der Waals surface area (Å²) in [5, 5.41) is 7.01. The molecule has 3 heterocycles. The second-order valence-electron chi connectivity index (χ2n) is 10.4. The number of nitrogens with zero attached hydrogens (tertiary/aromatic N) is 4. The molecule has 0 spiro atoms. The number of nitrogens with one attached hydrogen (secondary N) is 3. The first-order chi connectivity index (χ1) is 18.6. The maximum absolute atomic E-state index is 13.3. The molecule has 1 saturated carbocycles. The minimum absolute atomic E-state index is 0. The van der Waals surface area contributed by atoms with Gasteiger partial charge in [0.1, 0.15) is 0 Å². The van der Waals surface area contributed by atoms with Crippen molar-refractivity contribution in [3.05, 3.63) is 55.0 Å². The summed E-state index contributed by atoms with van der Waals surface area (Å²) in [5.41, 5.74) is 0.818. The molecule has 1 aromatic carbocycles. The molecule has 3 aromatic rings. The van der Waals surface area contributed by atoms with Crippen molar-refractivity contribution >= 4 is 64.0 Å². The number of amides is 3. The predicted octanol–water partition coefficient (Wildman–Crippen LogP) is 2.23. The van der Waals surface area contributed by atoms with Gasteiger partial charge in [0.25, 0.3) is 17.4 Å². The van der Waals surface area contributed by atoms with E-state index in [9.17, 15) is 19.2 Å². The summed E-state index contributed by atoms with van der Waals surface area (Å²) >= 11 is 7.36. The molecule has 1 aliphatic carbocycles. The van der Waals surface area contributed by atoms with E-state index in [2.05, 4.69) is 30.5 Å². The highest BCUT2D eigenvalue weighted by molar-refractivity contribution is 7.13. The van der Waals surface area contributed by atoms with Gasteiger partial charge in [-0.3, -0.25) is 19.2 Å². The normalized spacial score (nSPS) is 20.8. The van der Waals surface area contributed by atoms with Crippen LogP contribution in [0, 0.1) is 5.92 Å². The lowest BCUT2D eigenvalue weighted by Gasteiger charge is -2.37. The number of halogens is 2.